The van der Waals surface area contributed by atoms with Gasteiger partial charge in [0.15, 0.2) is 0 Å². The summed E-state index contributed by atoms with van der Waals surface area (Å²) in [6, 6.07) is 3.97. The van der Waals surface area contributed by atoms with E-state index in [4.69, 9.17) is 14.1 Å². The Labute approximate surface area is 152 Å². The molecule has 3 aromatic rings. The topological polar surface area (TPSA) is 51.4 Å². The average molecular weight is 357 g/mol. The van der Waals surface area contributed by atoms with Gasteiger partial charge in [-0.1, -0.05) is 0 Å². The Morgan fingerprint density at radius 3 is 2.64 bits per heavy atom. The summed E-state index contributed by atoms with van der Waals surface area (Å²) in [6.07, 6.45) is 1.84. The molecule has 5 nitrogen and oxygen atoms in total. The van der Waals surface area contributed by atoms with Gasteiger partial charge in [0.25, 0.3) is 0 Å². The van der Waals surface area contributed by atoms with E-state index < -0.39 is 0 Å². The number of benzene rings is 1. The van der Waals surface area contributed by atoms with Gasteiger partial charge in [0.1, 0.15) is 16.5 Å². The maximum Gasteiger partial charge on any atom is 0.226 e. The average Bonchev–Trinajstić information content (AvgIpc) is 3.20. The van der Waals surface area contributed by atoms with Crippen molar-refractivity contribution in [3.05, 3.63) is 51.3 Å². The lowest BCUT2D eigenvalue weighted by Gasteiger charge is -2.13. The first kappa shape index (κ1) is 17.6. The lowest BCUT2D eigenvalue weighted by Crippen LogP contribution is -2.17. The molecule has 0 bridgehead atoms. The Morgan fingerprint density at radius 2 is 1.96 bits per heavy atom. The second-order valence-electron chi connectivity index (χ2n) is 6.19. The third kappa shape index (κ3) is 3.75. The monoisotopic (exact) mass is 357 g/mol. The Balaban J connectivity index is 1.82. The van der Waals surface area contributed by atoms with Gasteiger partial charge in [-0.2, -0.15) is 0 Å². The van der Waals surface area contributed by atoms with E-state index in [2.05, 4.69) is 30.8 Å². The number of methoxy groups -OCH3 is 1. The third-order valence-electron chi connectivity index (χ3n) is 4.39. The lowest BCUT2D eigenvalue weighted by molar-refractivity contribution is 0.313. The van der Waals surface area contributed by atoms with Gasteiger partial charge in [0.2, 0.25) is 5.89 Å². The molecule has 0 N–H and O–H groups in total. The zero-order valence-electron chi connectivity index (χ0n) is 15.3. The summed E-state index contributed by atoms with van der Waals surface area (Å²) < 4.78 is 11.3. The second-order valence-corrected chi connectivity index (χ2v) is 7.16. The van der Waals surface area contributed by atoms with Gasteiger partial charge in [-0.05, 0) is 51.1 Å². The molecule has 2 heterocycles. The van der Waals surface area contributed by atoms with Crippen LogP contribution in [-0.4, -0.2) is 29.0 Å². The molecule has 0 amide bonds. The highest BCUT2D eigenvalue weighted by atomic mass is 32.1. The SMILES string of the molecule is COc1ccc(-c2nc(CN(C)Cc3nccs3)c(C)o2)c(C)c1C. The number of nitrogens with zero attached hydrogens (tertiary/aromatic N) is 3. The van der Waals surface area contributed by atoms with Crippen LogP contribution in [0.15, 0.2) is 28.1 Å². The maximum absolute atomic E-state index is 5.95. The molecule has 0 spiro atoms. The Hall–Kier alpha value is -2.18. The van der Waals surface area contributed by atoms with Crippen LogP contribution in [0, 0.1) is 20.8 Å². The van der Waals surface area contributed by atoms with Crippen LogP contribution in [0.3, 0.4) is 0 Å². The van der Waals surface area contributed by atoms with Crippen molar-refractivity contribution in [2.45, 2.75) is 33.9 Å². The summed E-state index contributed by atoms with van der Waals surface area (Å²) in [5.41, 5.74) is 4.21. The first-order valence-electron chi connectivity index (χ1n) is 8.17. The Morgan fingerprint density at radius 1 is 1.16 bits per heavy atom. The molecular formula is C19H23N3O2S. The molecule has 2 aromatic heterocycles. The molecule has 1 aromatic carbocycles. The molecule has 0 fully saturated rings. The van der Waals surface area contributed by atoms with E-state index in [1.54, 1.807) is 18.4 Å². The number of ether oxygens (including phenoxy) is 1. The molecule has 25 heavy (non-hydrogen) atoms. The van der Waals surface area contributed by atoms with Crippen LogP contribution in [0.1, 0.15) is 27.6 Å². The van der Waals surface area contributed by atoms with Crippen LogP contribution >= 0.6 is 11.3 Å². The van der Waals surface area contributed by atoms with Crippen LogP contribution in [0.5, 0.6) is 5.75 Å². The molecule has 0 aliphatic heterocycles. The minimum atomic E-state index is 0.665. The van der Waals surface area contributed by atoms with Crippen molar-refractivity contribution < 1.29 is 9.15 Å². The van der Waals surface area contributed by atoms with E-state index >= 15 is 0 Å². The van der Waals surface area contributed by atoms with E-state index in [9.17, 15) is 0 Å². The Kier molecular flexibility index (Phi) is 5.20. The van der Waals surface area contributed by atoms with Crippen LogP contribution in [0.2, 0.25) is 0 Å². The van der Waals surface area contributed by atoms with Crippen molar-refractivity contribution in [1.82, 2.24) is 14.9 Å². The number of thiazole rings is 1. The summed E-state index contributed by atoms with van der Waals surface area (Å²) in [4.78, 5) is 11.3. The van der Waals surface area contributed by atoms with E-state index in [1.807, 2.05) is 30.6 Å². The number of hydrogen-bond donors (Lipinski definition) is 0. The minimum Gasteiger partial charge on any atom is -0.496 e. The van der Waals surface area contributed by atoms with Crippen molar-refractivity contribution >= 4 is 11.3 Å². The minimum absolute atomic E-state index is 0.665. The summed E-state index contributed by atoms with van der Waals surface area (Å²) in [5, 5.41) is 3.10. The molecule has 6 heteroatoms. The van der Waals surface area contributed by atoms with E-state index in [0.29, 0.717) is 5.89 Å². The van der Waals surface area contributed by atoms with E-state index in [0.717, 1.165) is 52.0 Å². The molecule has 3 rings (SSSR count). The van der Waals surface area contributed by atoms with Gasteiger partial charge in [0.05, 0.1) is 19.3 Å². The van der Waals surface area contributed by atoms with Crippen molar-refractivity contribution in [2.24, 2.45) is 0 Å². The summed E-state index contributed by atoms with van der Waals surface area (Å²) in [6.45, 7) is 7.62. The van der Waals surface area contributed by atoms with Crippen molar-refractivity contribution in [1.29, 1.82) is 0 Å². The third-order valence-corrected chi connectivity index (χ3v) is 5.15. The zero-order chi connectivity index (χ0) is 18.0. The normalized spacial score (nSPS) is 11.3. The molecular weight excluding hydrogens is 334 g/mol. The summed E-state index contributed by atoms with van der Waals surface area (Å²) in [7, 11) is 3.76. The van der Waals surface area contributed by atoms with Crippen LogP contribution in [0.25, 0.3) is 11.5 Å². The number of rotatable bonds is 6. The number of aromatic nitrogens is 2. The van der Waals surface area contributed by atoms with Crippen molar-refractivity contribution in [2.75, 3.05) is 14.2 Å². The summed E-state index contributed by atoms with van der Waals surface area (Å²) >= 11 is 1.67. The highest BCUT2D eigenvalue weighted by molar-refractivity contribution is 7.09. The molecule has 0 saturated carbocycles. The lowest BCUT2D eigenvalue weighted by atomic mass is 10.0. The molecule has 0 atom stereocenters. The van der Waals surface area contributed by atoms with Crippen LogP contribution in [0.4, 0.5) is 0 Å². The molecule has 0 aliphatic carbocycles. The fourth-order valence-corrected chi connectivity index (χ4v) is 3.51. The maximum atomic E-state index is 5.95. The molecule has 0 unspecified atom stereocenters. The predicted octanol–water partition coefficient (Wildman–Crippen LogP) is 4.36. The first-order chi connectivity index (χ1) is 12.0. The zero-order valence-corrected chi connectivity index (χ0v) is 16.1. The summed E-state index contributed by atoms with van der Waals surface area (Å²) in [5.74, 6) is 2.40. The van der Waals surface area contributed by atoms with Crippen LogP contribution in [-0.2, 0) is 13.1 Å². The molecule has 132 valence electrons. The molecule has 0 radical (unpaired) electrons. The Bertz CT molecular complexity index is 856. The highest BCUT2D eigenvalue weighted by Gasteiger charge is 2.17. The largest absolute Gasteiger partial charge is 0.496 e. The molecule has 0 aliphatic rings. The number of oxazole rings is 1. The predicted molar refractivity (Wildman–Crippen MR) is 100.0 cm³/mol. The standard InChI is InChI=1S/C19H23N3O2S/c1-12-13(2)17(23-5)7-6-15(12)19-21-16(14(3)24-19)10-22(4)11-18-20-8-9-25-18/h6-9H,10-11H2,1-5H3. The number of aryl methyl sites for hydroxylation is 1. The molecule has 0 saturated heterocycles. The fraction of sp³-hybridized carbons (Fsp3) is 0.368. The first-order valence-corrected chi connectivity index (χ1v) is 9.05. The number of hydrogen-bond acceptors (Lipinski definition) is 6. The van der Waals surface area contributed by atoms with Gasteiger partial charge in [-0.3, -0.25) is 4.90 Å². The van der Waals surface area contributed by atoms with E-state index in [-0.39, 0.29) is 0 Å². The van der Waals surface area contributed by atoms with Gasteiger partial charge in [0, 0.05) is 23.7 Å². The van der Waals surface area contributed by atoms with Gasteiger partial charge >= 0.3 is 0 Å². The van der Waals surface area contributed by atoms with E-state index in [1.165, 1.54) is 0 Å². The van der Waals surface area contributed by atoms with Gasteiger partial charge in [-0.15, -0.1) is 11.3 Å². The fourth-order valence-electron chi connectivity index (χ4n) is 2.81. The van der Waals surface area contributed by atoms with Crippen LogP contribution < -0.4 is 4.74 Å². The quantitative estimate of drug-likeness (QED) is 0.656. The van der Waals surface area contributed by atoms with Gasteiger partial charge in [-0.25, -0.2) is 9.97 Å². The van der Waals surface area contributed by atoms with Crippen molar-refractivity contribution in [3.63, 3.8) is 0 Å². The van der Waals surface area contributed by atoms with Gasteiger partial charge < -0.3 is 9.15 Å². The smallest absolute Gasteiger partial charge is 0.226 e. The van der Waals surface area contributed by atoms with Crippen molar-refractivity contribution in [3.8, 4) is 17.2 Å². The highest BCUT2D eigenvalue weighted by Crippen LogP contribution is 2.31. The second kappa shape index (κ2) is 7.37.